The van der Waals surface area contributed by atoms with Crippen LogP contribution in [0, 0.1) is 11.6 Å². The van der Waals surface area contributed by atoms with Crippen molar-refractivity contribution in [2.75, 3.05) is 17.7 Å². The molecule has 21 heavy (non-hydrogen) atoms. The van der Waals surface area contributed by atoms with Crippen molar-refractivity contribution in [3.05, 3.63) is 41.7 Å². The molecule has 6 nitrogen and oxygen atoms in total. The first kappa shape index (κ1) is 13.2. The maximum atomic E-state index is 13.6. The molecule has 0 spiro atoms. The van der Waals surface area contributed by atoms with E-state index in [0.29, 0.717) is 28.5 Å². The Bertz CT molecular complexity index is 785. The van der Waals surface area contributed by atoms with Crippen molar-refractivity contribution >= 4 is 22.9 Å². The smallest absolute Gasteiger partial charge is 0.226 e. The Morgan fingerprint density at radius 3 is 2.86 bits per heavy atom. The fraction of sp³-hybridized carbons (Fsp3) is 0.154. The van der Waals surface area contributed by atoms with Gasteiger partial charge in [-0.15, -0.1) is 0 Å². The third-order valence-corrected chi connectivity index (χ3v) is 2.97. The first-order valence-electron chi connectivity index (χ1n) is 6.24. The molecule has 3 aromatic rings. The van der Waals surface area contributed by atoms with E-state index in [-0.39, 0.29) is 6.54 Å². The van der Waals surface area contributed by atoms with Gasteiger partial charge in [-0.2, -0.15) is 9.97 Å². The van der Waals surface area contributed by atoms with E-state index < -0.39 is 11.6 Å². The standard InChI is InChI=1S/C13H12F2N6/c1-16-13-20-11(10-12(21-13)19-6-18-10)17-5-7-2-3-8(14)4-9(7)15/h2-4,6H,5H2,1H3,(H3,16,17,18,19,20,21). The molecule has 108 valence electrons. The van der Waals surface area contributed by atoms with Crippen LogP contribution in [0.2, 0.25) is 0 Å². The van der Waals surface area contributed by atoms with Crippen molar-refractivity contribution in [1.29, 1.82) is 0 Å². The zero-order chi connectivity index (χ0) is 14.8. The third-order valence-electron chi connectivity index (χ3n) is 2.97. The van der Waals surface area contributed by atoms with E-state index in [4.69, 9.17) is 0 Å². The van der Waals surface area contributed by atoms with E-state index in [1.165, 1.54) is 18.5 Å². The number of nitrogens with zero attached hydrogens (tertiary/aromatic N) is 3. The van der Waals surface area contributed by atoms with Crippen molar-refractivity contribution in [1.82, 2.24) is 19.9 Å². The Morgan fingerprint density at radius 2 is 2.10 bits per heavy atom. The maximum absolute atomic E-state index is 13.6. The molecule has 0 aliphatic rings. The topological polar surface area (TPSA) is 78.5 Å². The number of benzene rings is 1. The summed E-state index contributed by atoms with van der Waals surface area (Å²) in [5.41, 5.74) is 1.46. The van der Waals surface area contributed by atoms with Crippen LogP contribution in [0.3, 0.4) is 0 Å². The molecule has 0 fully saturated rings. The van der Waals surface area contributed by atoms with Crippen LogP contribution in [0.1, 0.15) is 5.56 Å². The minimum absolute atomic E-state index is 0.167. The molecule has 2 heterocycles. The highest BCUT2D eigenvalue weighted by atomic mass is 19.1. The second kappa shape index (κ2) is 5.31. The van der Waals surface area contributed by atoms with Gasteiger partial charge in [0.2, 0.25) is 5.95 Å². The summed E-state index contributed by atoms with van der Waals surface area (Å²) in [5.74, 6) is -0.319. The van der Waals surface area contributed by atoms with Crippen LogP contribution in [0.25, 0.3) is 11.2 Å². The number of aromatic nitrogens is 4. The average molecular weight is 290 g/mol. The van der Waals surface area contributed by atoms with Gasteiger partial charge in [-0.05, 0) is 6.07 Å². The van der Waals surface area contributed by atoms with E-state index in [2.05, 4.69) is 30.6 Å². The Hall–Kier alpha value is -2.77. The van der Waals surface area contributed by atoms with E-state index in [1.807, 2.05) is 0 Å². The Labute approximate surface area is 118 Å². The van der Waals surface area contributed by atoms with Crippen LogP contribution in [-0.4, -0.2) is 27.0 Å². The van der Waals surface area contributed by atoms with Gasteiger partial charge in [0, 0.05) is 25.2 Å². The van der Waals surface area contributed by atoms with Gasteiger partial charge in [-0.1, -0.05) is 6.07 Å². The van der Waals surface area contributed by atoms with Gasteiger partial charge < -0.3 is 15.6 Å². The van der Waals surface area contributed by atoms with Crippen LogP contribution in [0.5, 0.6) is 0 Å². The van der Waals surface area contributed by atoms with Gasteiger partial charge in [0.05, 0.1) is 6.33 Å². The normalized spacial score (nSPS) is 10.8. The van der Waals surface area contributed by atoms with E-state index in [1.54, 1.807) is 7.05 Å². The number of aromatic amines is 1. The molecule has 8 heteroatoms. The average Bonchev–Trinajstić information content (AvgIpc) is 2.94. The highest BCUT2D eigenvalue weighted by Crippen LogP contribution is 2.19. The van der Waals surface area contributed by atoms with E-state index >= 15 is 0 Å². The number of fused-ring (bicyclic) bond motifs is 1. The Morgan fingerprint density at radius 1 is 1.24 bits per heavy atom. The van der Waals surface area contributed by atoms with Gasteiger partial charge in [-0.3, -0.25) is 0 Å². The summed E-state index contributed by atoms with van der Waals surface area (Å²) in [4.78, 5) is 15.4. The summed E-state index contributed by atoms with van der Waals surface area (Å²) in [6.45, 7) is 0.167. The molecular weight excluding hydrogens is 278 g/mol. The lowest BCUT2D eigenvalue weighted by Gasteiger charge is -2.09. The second-order valence-corrected chi connectivity index (χ2v) is 4.34. The second-order valence-electron chi connectivity index (χ2n) is 4.34. The van der Waals surface area contributed by atoms with Crippen molar-refractivity contribution in [2.24, 2.45) is 0 Å². The molecule has 0 saturated heterocycles. The summed E-state index contributed by atoms with van der Waals surface area (Å²) in [5, 5.41) is 5.83. The molecular formula is C13H12F2N6. The van der Waals surface area contributed by atoms with Crippen LogP contribution in [0.4, 0.5) is 20.5 Å². The fourth-order valence-electron chi connectivity index (χ4n) is 1.92. The number of hydrogen-bond acceptors (Lipinski definition) is 5. The maximum Gasteiger partial charge on any atom is 0.226 e. The number of rotatable bonds is 4. The molecule has 3 N–H and O–H groups in total. The summed E-state index contributed by atoms with van der Waals surface area (Å²) in [7, 11) is 1.69. The van der Waals surface area contributed by atoms with Crippen LogP contribution in [-0.2, 0) is 6.54 Å². The zero-order valence-corrected chi connectivity index (χ0v) is 11.1. The molecule has 0 atom stereocenters. The first-order valence-corrected chi connectivity index (χ1v) is 6.24. The number of hydrogen-bond donors (Lipinski definition) is 3. The zero-order valence-electron chi connectivity index (χ0n) is 11.1. The van der Waals surface area contributed by atoms with Crippen LogP contribution in [0.15, 0.2) is 24.5 Å². The molecule has 3 rings (SSSR count). The van der Waals surface area contributed by atoms with Gasteiger partial charge in [-0.25, -0.2) is 13.8 Å². The number of anilines is 2. The number of halogens is 2. The molecule has 0 aliphatic carbocycles. The lowest BCUT2D eigenvalue weighted by Crippen LogP contribution is -2.07. The highest BCUT2D eigenvalue weighted by molar-refractivity contribution is 5.83. The predicted octanol–water partition coefficient (Wildman–Crippen LogP) is 2.28. The number of imidazole rings is 1. The highest BCUT2D eigenvalue weighted by Gasteiger charge is 2.10. The first-order chi connectivity index (χ1) is 10.2. The van der Waals surface area contributed by atoms with Gasteiger partial charge in [0.1, 0.15) is 17.2 Å². The molecule has 0 bridgehead atoms. The van der Waals surface area contributed by atoms with E-state index in [9.17, 15) is 8.78 Å². The van der Waals surface area contributed by atoms with Crippen molar-refractivity contribution < 1.29 is 8.78 Å². The third kappa shape index (κ3) is 2.60. The lowest BCUT2D eigenvalue weighted by atomic mass is 10.2. The lowest BCUT2D eigenvalue weighted by molar-refractivity contribution is 0.574. The summed E-state index contributed by atoms with van der Waals surface area (Å²) in [6.07, 6.45) is 1.50. The minimum Gasteiger partial charge on any atom is -0.364 e. The largest absolute Gasteiger partial charge is 0.364 e. The predicted molar refractivity (Wildman–Crippen MR) is 74.9 cm³/mol. The molecule has 1 aromatic carbocycles. The quantitative estimate of drug-likeness (QED) is 0.687. The fourth-order valence-corrected chi connectivity index (χ4v) is 1.92. The Kier molecular flexibility index (Phi) is 3.35. The van der Waals surface area contributed by atoms with Gasteiger partial charge in [0.15, 0.2) is 11.5 Å². The monoisotopic (exact) mass is 290 g/mol. The summed E-state index contributed by atoms with van der Waals surface area (Å²) >= 11 is 0. The number of H-pyrrole nitrogens is 1. The van der Waals surface area contributed by atoms with Crippen molar-refractivity contribution in [2.45, 2.75) is 6.54 Å². The van der Waals surface area contributed by atoms with Crippen molar-refractivity contribution in [3.8, 4) is 0 Å². The summed E-state index contributed by atoms with van der Waals surface area (Å²) in [6, 6.07) is 3.45. The SMILES string of the molecule is CNc1nc(NCc2ccc(F)cc2F)c2[nH]cnc2n1. The van der Waals surface area contributed by atoms with Gasteiger partial charge >= 0.3 is 0 Å². The Balaban J connectivity index is 1.89. The van der Waals surface area contributed by atoms with Crippen LogP contribution >= 0.6 is 0 Å². The van der Waals surface area contributed by atoms with Crippen molar-refractivity contribution in [3.63, 3.8) is 0 Å². The molecule has 0 radical (unpaired) electrons. The molecule has 0 amide bonds. The van der Waals surface area contributed by atoms with Gasteiger partial charge in [0.25, 0.3) is 0 Å². The molecule has 2 aromatic heterocycles. The number of nitrogens with one attached hydrogen (secondary N) is 3. The molecule has 0 saturated carbocycles. The van der Waals surface area contributed by atoms with Crippen LogP contribution < -0.4 is 10.6 Å². The molecule has 0 aliphatic heterocycles. The van der Waals surface area contributed by atoms with E-state index in [0.717, 1.165) is 6.07 Å². The molecule has 0 unspecified atom stereocenters. The minimum atomic E-state index is -0.605. The summed E-state index contributed by atoms with van der Waals surface area (Å²) < 4.78 is 26.5.